The number of rotatable bonds is 4. The number of halogens is 1. The van der Waals surface area contributed by atoms with Crippen LogP contribution in [-0.2, 0) is 15.9 Å². The lowest BCUT2D eigenvalue weighted by Gasteiger charge is -2.32. The quantitative estimate of drug-likeness (QED) is 0.786. The van der Waals surface area contributed by atoms with Crippen molar-refractivity contribution in [2.24, 2.45) is 0 Å². The van der Waals surface area contributed by atoms with Gasteiger partial charge in [-0.05, 0) is 69.4 Å². The van der Waals surface area contributed by atoms with Crippen molar-refractivity contribution in [3.05, 3.63) is 59.4 Å². The Bertz CT molecular complexity index is 757. The van der Waals surface area contributed by atoms with E-state index < -0.39 is 7.12 Å². The summed E-state index contributed by atoms with van der Waals surface area (Å²) in [6.45, 7) is 10.2. The molecule has 2 aromatic carbocycles. The van der Waals surface area contributed by atoms with Crippen molar-refractivity contribution in [1.82, 2.24) is 0 Å². The zero-order chi connectivity index (χ0) is 18.2. The van der Waals surface area contributed by atoms with Crippen LogP contribution in [0.5, 0.6) is 5.75 Å². The molecule has 2 aromatic rings. The van der Waals surface area contributed by atoms with E-state index in [-0.39, 0.29) is 17.0 Å². The smallest absolute Gasteiger partial charge is 0.489 e. The van der Waals surface area contributed by atoms with Gasteiger partial charge < -0.3 is 14.0 Å². The summed E-state index contributed by atoms with van der Waals surface area (Å²) >= 11 is 0. The Balaban J connectivity index is 1.79. The molecule has 1 aliphatic rings. The number of aryl methyl sites for hydroxylation is 1. The molecule has 25 heavy (non-hydrogen) atoms. The van der Waals surface area contributed by atoms with Gasteiger partial charge in [-0.15, -0.1) is 0 Å². The fourth-order valence-corrected chi connectivity index (χ4v) is 2.73. The molecule has 5 heteroatoms. The third-order valence-electron chi connectivity index (χ3n) is 5.09. The van der Waals surface area contributed by atoms with E-state index in [0.29, 0.717) is 17.9 Å². The van der Waals surface area contributed by atoms with Gasteiger partial charge in [-0.1, -0.05) is 24.3 Å². The minimum absolute atomic E-state index is 0.232. The summed E-state index contributed by atoms with van der Waals surface area (Å²) in [7, 11) is -0.431. The van der Waals surface area contributed by atoms with Gasteiger partial charge in [0.2, 0.25) is 0 Å². The van der Waals surface area contributed by atoms with Gasteiger partial charge in [0, 0.05) is 0 Å². The van der Waals surface area contributed by atoms with Crippen molar-refractivity contribution in [1.29, 1.82) is 0 Å². The first kappa shape index (κ1) is 18.0. The number of ether oxygens (including phenoxy) is 1. The van der Waals surface area contributed by atoms with Crippen molar-refractivity contribution in [3.8, 4) is 5.75 Å². The maximum Gasteiger partial charge on any atom is 0.495 e. The molecule has 3 nitrogen and oxygen atoms in total. The predicted molar refractivity (Wildman–Crippen MR) is 97.6 cm³/mol. The van der Waals surface area contributed by atoms with Crippen LogP contribution < -0.4 is 10.2 Å². The monoisotopic (exact) mass is 342 g/mol. The standard InChI is InChI=1S/C20H24BFO3/c1-14-12-16(10-11-18(14)22)23-13-15-8-6-7-9-17(15)21-24-19(2,3)20(4,5)25-21/h6-12H,13H2,1-5H3. The molecule has 132 valence electrons. The Morgan fingerprint density at radius 2 is 1.64 bits per heavy atom. The van der Waals surface area contributed by atoms with Gasteiger partial charge in [0.1, 0.15) is 18.2 Å². The van der Waals surface area contributed by atoms with E-state index >= 15 is 0 Å². The minimum Gasteiger partial charge on any atom is -0.489 e. The van der Waals surface area contributed by atoms with Crippen LogP contribution in [0.2, 0.25) is 0 Å². The average molecular weight is 342 g/mol. The van der Waals surface area contributed by atoms with Gasteiger partial charge in [-0.2, -0.15) is 0 Å². The molecule has 3 rings (SSSR count). The predicted octanol–water partition coefficient (Wildman–Crippen LogP) is 4.01. The van der Waals surface area contributed by atoms with Crippen molar-refractivity contribution in [2.75, 3.05) is 0 Å². The first-order chi connectivity index (χ1) is 11.7. The highest BCUT2D eigenvalue weighted by Crippen LogP contribution is 2.36. The minimum atomic E-state index is -0.431. The van der Waals surface area contributed by atoms with E-state index in [0.717, 1.165) is 11.0 Å². The fourth-order valence-electron chi connectivity index (χ4n) is 2.73. The van der Waals surface area contributed by atoms with Crippen molar-refractivity contribution in [3.63, 3.8) is 0 Å². The Hall–Kier alpha value is -1.85. The maximum atomic E-state index is 13.4. The number of hydrogen-bond donors (Lipinski definition) is 0. The molecular weight excluding hydrogens is 318 g/mol. The van der Waals surface area contributed by atoms with Crippen LogP contribution in [-0.4, -0.2) is 18.3 Å². The van der Waals surface area contributed by atoms with Gasteiger partial charge in [0.15, 0.2) is 0 Å². The Kier molecular flexibility index (Phi) is 4.65. The van der Waals surface area contributed by atoms with Crippen molar-refractivity contribution in [2.45, 2.75) is 52.4 Å². The molecule has 0 spiro atoms. The van der Waals surface area contributed by atoms with Crippen molar-refractivity contribution < 1.29 is 18.4 Å². The van der Waals surface area contributed by atoms with Crippen LogP contribution >= 0.6 is 0 Å². The lowest BCUT2D eigenvalue weighted by molar-refractivity contribution is 0.00578. The molecule has 1 heterocycles. The Labute approximate surface area is 149 Å². The molecule has 1 aliphatic heterocycles. The van der Waals surface area contributed by atoms with Crippen LogP contribution in [0.3, 0.4) is 0 Å². The molecule has 0 atom stereocenters. The third kappa shape index (κ3) is 3.58. The average Bonchev–Trinajstić information content (AvgIpc) is 2.77. The van der Waals surface area contributed by atoms with Crippen LogP contribution in [0, 0.1) is 12.7 Å². The summed E-state index contributed by atoms with van der Waals surface area (Å²) in [5, 5.41) is 0. The second kappa shape index (κ2) is 6.47. The lowest BCUT2D eigenvalue weighted by atomic mass is 9.76. The SMILES string of the molecule is Cc1cc(OCc2ccccc2B2OC(C)(C)C(C)(C)O2)ccc1F. The zero-order valence-electron chi connectivity index (χ0n) is 15.4. The van der Waals surface area contributed by atoms with E-state index in [1.807, 2.05) is 52.0 Å². The second-order valence-corrected chi connectivity index (χ2v) is 7.49. The molecule has 1 saturated heterocycles. The van der Waals surface area contributed by atoms with Gasteiger partial charge >= 0.3 is 7.12 Å². The zero-order valence-corrected chi connectivity index (χ0v) is 15.4. The summed E-state index contributed by atoms with van der Waals surface area (Å²) < 4.78 is 31.5. The highest BCUT2D eigenvalue weighted by Gasteiger charge is 2.52. The summed E-state index contributed by atoms with van der Waals surface area (Å²) in [5.74, 6) is 0.410. The normalized spacial score (nSPS) is 18.4. The van der Waals surface area contributed by atoms with Gasteiger partial charge in [-0.3, -0.25) is 0 Å². The molecule has 0 saturated carbocycles. The Morgan fingerprint density at radius 1 is 1.00 bits per heavy atom. The second-order valence-electron chi connectivity index (χ2n) is 7.49. The first-order valence-electron chi connectivity index (χ1n) is 8.52. The molecule has 0 aliphatic carbocycles. The molecular formula is C20H24BFO3. The molecule has 0 amide bonds. The van der Waals surface area contributed by atoms with E-state index in [1.165, 1.54) is 6.07 Å². The highest BCUT2D eigenvalue weighted by molar-refractivity contribution is 6.62. The Morgan fingerprint density at radius 3 is 2.28 bits per heavy atom. The number of benzene rings is 2. The van der Waals surface area contributed by atoms with E-state index in [1.54, 1.807) is 19.1 Å². The van der Waals surface area contributed by atoms with Crippen LogP contribution in [0.1, 0.15) is 38.8 Å². The summed E-state index contributed by atoms with van der Waals surface area (Å²) in [6, 6.07) is 12.7. The van der Waals surface area contributed by atoms with E-state index in [4.69, 9.17) is 14.0 Å². The summed E-state index contributed by atoms with van der Waals surface area (Å²) in [6.07, 6.45) is 0. The maximum absolute atomic E-state index is 13.4. The summed E-state index contributed by atoms with van der Waals surface area (Å²) in [4.78, 5) is 0. The largest absolute Gasteiger partial charge is 0.495 e. The third-order valence-corrected chi connectivity index (χ3v) is 5.09. The van der Waals surface area contributed by atoms with E-state index in [2.05, 4.69) is 0 Å². The lowest BCUT2D eigenvalue weighted by Crippen LogP contribution is -2.41. The van der Waals surface area contributed by atoms with Crippen LogP contribution in [0.15, 0.2) is 42.5 Å². The highest BCUT2D eigenvalue weighted by atomic mass is 19.1. The van der Waals surface area contributed by atoms with Crippen LogP contribution in [0.25, 0.3) is 0 Å². The molecule has 0 bridgehead atoms. The fraction of sp³-hybridized carbons (Fsp3) is 0.400. The molecule has 0 aromatic heterocycles. The molecule has 0 unspecified atom stereocenters. The molecule has 0 radical (unpaired) electrons. The van der Waals surface area contributed by atoms with Gasteiger partial charge in [-0.25, -0.2) is 4.39 Å². The molecule has 0 N–H and O–H groups in total. The van der Waals surface area contributed by atoms with Crippen LogP contribution in [0.4, 0.5) is 4.39 Å². The first-order valence-corrected chi connectivity index (χ1v) is 8.52. The van der Waals surface area contributed by atoms with E-state index in [9.17, 15) is 4.39 Å². The van der Waals surface area contributed by atoms with Gasteiger partial charge in [0.25, 0.3) is 0 Å². The molecule has 1 fully saturated rings. The topological polar surface area (TPSA) is 27.7 Å². The number of hydrogen-bond acceptors (Lipinski definition) is 3. The van der Waals surface area contributed by atoms with Crippen molar-refractivity contribution >= 4 is 12.6 Å². The van der Waals surface area contributed by atoms with Gasteiger partial charge in [0.05, 0.1) is 11.2 Å². The summed E-state index contributed by atoms with van der Waals surface area (Å²) in [5.41, 5.74) is 1.74.